The van der Waals surface area contributed by atoms with Crippen molar-refractivity contribution in [2.45, 2.75) is 38.3 Å². The maximum absolute atomic E-state index is 12.1. The number of rotatable bonds is 6. The summed E-state index contributed by atoms with van der Waals surface area (Å²) >= 11 is 0. The summed E-state index contributed by atoms with van der Waals surface area (Å²) < 4.78 is 29.1. The molecule has 2 rings (SSSR count). The lowest BCUT2D eigenvalue weighted by atomic mass is 10.0. The van der Waals surface area contributed by atoms with Crippen molar-refractivity contribution in [1.82, 2.24) is 10.6 Å². The molecule has 1 aromatic carbocycles. The monoisotopic (exact) mass is 334 g/mol. The first-order valence-corrected chi connectivity index (χ1v) is 7.16. The Morgan fingerprint density at radius 2 is 2.23 bits per heavy atom. The molecule has 1 atom stereocenters. The molecule has 0 aromatic heterocycles. The Balaban J connectivity index is 0.00000242. The number of carbonyl (C=O) groups is 1. The lowest BCUT2D eigenvalue weighted by Gasteiger charge is -2.22. The van der Waals surface area contributed by atoms with Gasteiger partial charge in [-0.25, -0.2) is 8.78 Å². The van der Waals surface area contributed by atoms with E-state index in [0.717, 1.165) is 31.4 Å². The van der Waals surface area contributed by atoms with Crippen LogP contribution in [0.2, 0.25) is 0 Å². The van der Waals surface area contributed by atoms with Crippen LogP contribution >= 0.6 is 12.4 Å². The number of carbonyl (C=O) groups excluding carboxylic acids is 1. The largest absolute Gasteiger partial charge is 0.488 e. The molecule has 0 bridgehead atoms. The Morgan fingerprint density at radius 1 is 1.41 bits per heavy atom. The smallest absolute Gasteiger partial charge is 0.272 e. The summed E-state index contributed by atoms with van der Waals surface area (Å²) in [4.78, 5) is 12.0. The number of ether oxygens (including phenoxy) is 1. The minimum atomic E-state index is -2.49. The molecule has 1 unspecified atom stereocenters. The van der Waals surface area contributed by atoms with E-state index in [1.165, 1.54) is 0 Å². The van der Waals surface area contributed by atoms with Gasteiger partial charge in [-0.3, -0.25) is 4.79 Å². The Hall–Kier alpha value is -1.40. The van der Waals surface area contributed by atoms with Crippen LogP contribution in [0.25, 0.3) is 0 Å². The Bertz CT molecular complexity index is 469. The van der Waals surface area contributed by atoms with Crippen LogP contribution in [0, 0.1) is 0 Å². The Morgan fingerprint density at radius 3 is 2.91 bits per heavy atom. The van der Waals surface area contributed by atoms with Crippen LogP contribution in [-0.4, -0.2) is 31.5 Å². The van der Waals surface area contributed by atoms with Crippen LogP contribution in [0.1, 0.15) is 24.8 Å². The highest BCUT2D eigenvalue weighted by Crippen LogP contribution is 2.14. The molecule has 2 N–H and O–H groups in total. The summed E-state index contributed by atoms with van der Waals surface area (Å²) in [7, 11) is 0. The topological polar surface area (TPSA) is 50.4 Å². The second-order valence-electron chi connectivity index (χ2n) is 5.07. The molecule has 1 amide bonds. The molecule has 124 valence electrons. The predicted octanol–water partition coefficient (Wildman–Crippen LogP) is 2.51. The van der Waals surface area contributed by atoms with Crippen molar-refractivity contribution in [3.8, 4) is 5.75 Å². The highest BCUT2D eigenvalue weighted by Gasteiger charge is 2.19. The number of alkyl halides is 2. The van der Waals surface area contributed by atoms with Gasteiger partial charge < -0.3 is 15.4 Å². The van der Waals surface area contributed by atoms with Crippen molar-refractivity contribution in [2.75, 3.05) is 13.2 Å². The third-order valence-electron chi connectivity index (χ3n) is 3.37. The van der Waals surface area contributed by atoms with Gasteiger partial charge >= 0.3 is 0 Å². The molecule has 1 fully saturated rings. The second-order valence-corrected chi connectivity index (χ2v) is 5.07. The van der Waals surface area contributed by atoms with Crippen LogP contribution in [0.15, 0.2) is 24.3 Å². The van der Waals surface area contributed by atoms with E-state index in [2.05, 4.69) is 10.6 Å². The fourth-order valence-electron chi connectivity index (χ4n) is 2.29. The van der Waals surface area contributed by atoms with Gasteiger partial charge in [-0.15, -0.1) is 12.4 Å². The summed E-state index contributed by atoms with van der Waals surface area (Å²) in [6.45, 7) is 0.611. The molecule has 4 nitrogen and oxygen atoms in total. The SMILES string of the molecule is Cl.O=C(NCc1cccc(OCC(F)F)c1)C1CCCCN1. The van der Waals surface area contributed by atoms with Crippen LogP contribution in [0.5, 0.6) is 5.75 Å². The molecular weight excluding hydrogens is 314 g/mol. The van der Waals surface area contributed by atoms with Crippen molar-refractivity contribution in [1.29, 1.82) is 0 Å². The lowest BCUT2D eigenvalue weighted by molar-refractivity contribution is -0.123. The van der Waals surface area contributed by atoms with Gasteiger partial charge in [-0.05, 0) is 37.1 Å². The number of benzene rings is 1. The van der Waals surface area contributed by atoms with Crippen molar-refractivity contribution >= 4 is 18.3 Å². The van der Waals surface area contributed by atoms with Crippen molar-refractivity contribution in [3.63, 3.8) is 0 Å². The van der Waals surface area contributed by atoms with E-state index in [-0.39, 0.29) is 24.4 Å². The Labute approximate surface area is 135 Å². The molecule has 0 radical (unpaired) electrons. The van der Waals surface area contributed by atoms with Crippen molar-refractivity contribution in [3.05, 3.63) is 29.8 Å². The molecule has 1 heterocycles. The zero-order valence-electron chi connectivity index (χ0n) is 12.2. The van der Waals surface area contributed by atoms with Crippen LogP contribution in [0.3, 0.4) is 0 Å². The zero-order chi connectivity index (χ0) is 15.1. The maximum atomic E-state index is 12.1. The van der Waals surface area contributed by atoms with Gasteiger partial charge in [-0.1, -0.05) is 18.6 Å². The van der Waals surface area contributed by atoms with E-state index >= 15 is 0 Å². The summed E-state index contributed by atoms with van der Waals surface area (Å²) in [6, 6.07) is 6.70. The minimum absolute atomic E-state index is 0. The van der Waals surface area contributed by atoms with E-state index in [9.17, 15) is 13.6 Å². The average molecular weight is 335 g/mol. The fourth-order valence-corrected chi connectivity index (χ4v) is 2.29. The first-order valence-electron chi connectivity index (χ1n) is 7.16. The van der Waals surface area contributed by atoms with Gasteiger partial charge in [0.05, 0.1) is 6.04 Å². The van der Waals surface area contributed by atoms with Gasteiger partial charge in [0.1, 0.15) is 12.4 Å². The fraction of sp³-hybridized carbons (Fsp3) is 0.533. The maximum Gasteiger partial charge on any atom is 0.272 e. The van der Waals surface area contributed by atoms with E-state index in [1.807, 2.05) is 6.07 Å². The van der Waals surface area contributed by atoms with Gasteiger partial charge in [0.25, 0.3) is 6.43 Å². The summed E-state index contributed by atoms with van der Waals surface area (Å²) in [5, 5.41) is 6.03. The molecule has 0 aliphatic carbocycles. The number of piperidine rings is 1. The highest BCUT2D eigenvalue weighted by atomic mass is 35.5. The third kappa shape index (κ3) is 6.15. The van der Waals surface area contributed by atoms with Gasteiger partial charge in [0.15, 0.2) is 0 Å². The number of hydrogen-bond acceptors (Lipinski definition) is 3. The molecule has 0 spiro atoms. The number of amides is 1. The van der Waals surface area contributed by atoms with E-state index in [0.29, 0.717) is 12.3 Å². The average Bonchev–Trinajstić information content (AvgIpc) is 2.52. The number of nitrogens with one attached hydrogen (secondary N) is 2. The van der Waals surface area contributed by atoms with E-state index in [4.69, 9.17) is 4.74 Å². The second kappa shape index (κ2) is 9.58. The summed E-state index contributed by atoms with van der Waals surface area (Å²) in [5.41, 5.74) is 0.825. The first kappa shape index (κ1) is 18.6. The quantitative estimate of drug-likeness (QED) is 0.840. The van der Waals surface area contributed by atoms with Crippen molar-refractivity contribution < 1.29 is 18.3 Å². The first-order chi connectivity index (χ1) is 10.1. The van der Waals surface area contributed by atoms with Gasteiger partial charge in [-0.2, -0.15) is 0 Å². The van der Waals surface area contributed by atoms with Crippen LogP contribution < -0.4 is 15.4 Å². The van der Waals surface area contributed by atoms with E-state index in [1.54, 1.807) is 18.2 Å². The van der Waals surface area contributed by atoms with Gasteiger partial charge in [0.2, 0.25) is 5.91 Å². The zero-order valence-corrected chi connectivity index (χ0v) is 13.0. The molecule has 22 heavy (non-hydrogen) atoms. The standard InChI is InChI=1S/C15H20F2N2O2.ClH/c16-14(17)10-21-12-5-3-4-11(8-12)9-19-15(20)13-6-1-2-7-18-13;/h3-5,8,13-14,18H,1-2,6-7,9-10H2,(H,19,20);1H. The van der Waals surface area contributed by atoms with E-state index < -0.39 is 13.0 Å². The minimum Gasteiger partial charge on any atom is -0.488 e. The third-order valence-corrected chi connectivity index (χ3v) is 3.37. The molecule has 7 heteroatoms. The van der Waals surface area contributed by atoms with Gasteiger partial charge in [0, 0.05) is 6.54 Å². The van der Waals surface area contributed by atoms with Crippen molar-refractivity contribution in [2.24, 2.45) is 0 Å². The Kier molecular flexibility index (Phi) is 8.12. The number of halogens is 3. The highest BCUT2D eigenvalue weighted by molar-refractivity contribution is 5.85. The predicted molar refractivity (Wildman–Crippen MR) is 82.7 cm³/mol. The normalized spacial score (nSPS) is 17.7. The van der Waals surface area contributed by atoms with Crippen LogP contribution in [0.4, 0.5) is 8.78 Å². The summed E-state index contributed by atoms with van der Waals surface area (Å²) in [6.07, 6.45) is 0.518. The molecule has 1 saturated heterocycles. The lowest BCUT2D eigenvalue weighted by Crippen LogP contribution is -2.46. The summed E-state index contributed by atoms with van der Waals surface area (Å²) in [5.74, 6) is 0.367. The molecule has 1 aliphatic rings. The molecule has 1 aromatic rings. The molecule has 1 aliphatic heterocycles. The number of hydrogen-bond donors (Lipinski definition) is 2. The van der Waals surface area contributed by atoms with Crippen LogP contribution in [-0.2, 0) is 11.3 Å². The molecule has 0 saturated carbocycles. The molecular formula is C15H21ClF2N2O2.